The second-order valence-corrected chi connectivity index (χ2v) is 4.63. The third-order valence-electron chi connectivity index (χ3n) is 3.22. The highest BCUT2D eigenvalue weighted by molar-refractivity contribution is 5.97. The van der Waals surface area contributed by atoms with Crippen molar-refractivity contribution >= 4 is 5.91 Å². The van der Waals surface area contributed by atoms with Gasteiger partial charge in [0.05, 0.1) is 5.69 Å². The molecule has 3 aromatic rings. The summed E-state index contributed by atoms with van der Waals surface area (Å²) in [4.78, 5) is 15.6. The van der Waals surface area contributed by atoms with E-state index in [0.29, 0.717) is 5.56 Å². The predicted octanol–water partition coefficient (Wildman–Crippen LogP) is 2.01. The first kappa shape index (κ1) is 13.6. The molecule has 0 unspecified atom stereocenters. The summed E-state index contributed by atoms with van der Waals surface area (Å²) in [5.41, 5.74) is 8.62. The maximum atomic E-state index is 11.7. The lowest BCUT2D eigenvalue weighted by molar-refractivity contribution is 0.0996. The standard InChI is InChI=1S/C17H12N4O/c1-2-12-4-3-5-14(10-12)21-11-15(16(20-21)17(18)22)13-6-8-19-9-7-13/h1,3-11H,(H2,18,22). The first-order valence-corrected chi connectivity index (χ1v) is 6.56. The maximum absolute atomic E-state index is 11.7. The average molecular weight is 288 g/mol. The summed E-state index contributed by atoms with van der Waals surface area (Å²) < 4.78 is 1.59. The lowest BCUT2D eigenvalue weighted by Gasteiger charge is -2.01. The first-order valence-electron chi connectivity index (χ1n) is 6.56. The zero-order valence-corrected chi connectivity index (χ0v) is 11.6. The van der Waals surface area contributed by atoms with Crippen molar-refractivity contribution in [3.63, 3.8) is 0 Å². The van der Waals surface area contributed by atoms with Crippen LogP contribution in [0.1, 0.15) is 16.1 Å². The van der Waals surface area contributed by atoms with Gasteiger partial charge in [0, 0.05) is 29.7 Å². The van der Waals surface area contributed by atoms with Crippen LogP contribution >= 0.6 is 0 Å². The van der Waals surface area contributed by atoms with Crippen LogP contribution in [0.15, 0.2) is 55.0 Å². The zero-order valence-electron chi connectivity index (χ0n) is 11.6. The van der Waals surface area contributed by atoms with Gasteiger partial charge in [-0.1, -0.05) is 12.0 Å². The molecule has 5 heteroatoms. The van der Waals surface area contributed by atoms with Crippen LogP contribution in [-0.2, 0) is 0 Å². The minimum Gasteiger partial charge on any atom is -0.364 e. The van der Waals surface area contributed by atoms with Gasteiger partial charge in [-0.05, 0) is 35.9 Å². The highest BCUT2D eigenvalue weighted by Crippen LogP contribution is 2.24. The van der Waals surface area contributed by atoms with E-state index in [1.165, 1.54) is 0 Å². The van der Waals surface area contributed by atoms with Gasteiger partial charge in [-0.25, -0.2) is 4.68 Å². The Kier molecular flexibility index (Phi) is 3.42. The number of amides is 1. The van der Waals surface area contributed by atoms with E-state index in [-0.39, 0.29) is 5.69 Å². The van der Waals surface area contributed by atoms with Gasteiger partial charge >= 0.3 is 0 Å². The Morgan fingerprint density at radius 1 is 1.23 bits per heavy atom. The molecule has 1 amide bonds. The predicted molar refractivity (Wildman–Crippen MR) is 83.2 cm³/mol. The number of terminal acetylenes is 1. The average Bonchev–Trinajstić information content (AvgIpc) is 3.01. The molecular formula is C17H12N4O. The van der Waals surface area contributed by atoms with Gasteiger partial charge in [-0.2, -0.15) is 5.10 Å². The van der Waals surface area contributed by atoms with Gasteiger partial charge in [0.15, 0.2) is 5.69 Å². The molecule has 0 aliphatic heterocycles. The van der Waals surface area contributed by atoms with Crippen molar-refractivity contribution < 1.29 is 4.79 Å². The Hall–Kier alpha value is -3.39. The van der Waals surface area contributed by atoms with E-state index in [0.717, 1.165) is 16.8 Å². The van der Waals surface area contributed by atoms with Gasteiger partial charge in [-0.3, -0.25) is 9.78 Å². The summed E-state index contributed by atoms with van der Waals surface area (Å²) in [7, 11) is 0. The number of pyridine rings is 1. The SMILES string of the molecule is C#Cc1cccc(-n2cc(-c3ccncc3)c(C(N)=O)n2)c1. The molecule has 0 fully saturated rings. The number of carbonyl (C=O) groups is 1. The second-order valence-electron chi connectivity index (χ2n) is 4.63. The summed E-state index contributed by atoms with van der Waals surface area (Å²) in [6.45, 7) is 0. The van der Waals surface area contributed by atoms with E-state index in [1.54, 1.807) is 35.4 Å². The maximum Gasteiger partial charge on any atom is 0.269 e. The quantitative estimate of drug-likeness (QED) is 0.749. The number of nitrogens with two attached hydrogens (primary N) is 1. The van der Waals surface area contributed by atoms with Crippen LogP contribution in [0.25, 0.3) is 16.8 Å². The third-order valence-corrected chi connectivity index (χ3v) is 3.22. The van der Waals surface area contributed by atoms with E-state index >= 15 is 0 Å². The molecule has 0 atom stereocenters. The van der Waals surface area contributed by atoms with Crippen molar-refractivity contribution in [3.8, 4) is 29.2 Å². The number of benzene rings is 1. The molecule has 2 N–H and O–H groups in total. The van der Waals surface area contributed by atoms with Gasteiger partial charge in [0.2, 0.25) is 0 Å². The van der Waals surface area contributed by atoms with E-state index in [4.69, 9.17) is 12.2 Å². The van der Waals surface area contributed by atoms with E-state index in [2.05, 4.69) is 16.0 Å². The van der Waals surface area contributed by atoms with Crippen LogP contribution in [0.3, 0.4) is 0 Å². The first-order chi connectivity index (χ1) is 10.7. The number of aromatic nitrogens is 3. The van der Waals surface area contributed by atoms with Crippen LogP contribution in [-0.4, -0.2) is 20.7 Å². The zero-order chi connectivity index (χ0) is 15.5. The molecule has 0 saturated heterocycles. The molecule has 0 saturated carbocycles. The minimum absolute atomic E-state index is 0.206. The molecule has 3 rings (SSSR count). The molecule has 0 bridgehead atoms. The monoisotopic (exact) mass is 288 g/mol. The number of hydrogen-bond acceptors (Lipinski definition) is 3. The van der Waals surface area contributed by atoms with Gasteiger partial charge in [0.1, 0.15) is 0 Å². The van der Waals surface area contributed by atoms with Crippen molar-refractivity contribution in [1.29, 1.82) is 0 Å². The summed E-state index contributed by atoms with van der Waals surface area (Å²) in [5.74, 6) is 1.99. The van der Waals surface area contributed by atoms with Crippen LogP contribution in [0.4, 0.5) is 0 Å². The fourth-order valence-electron chi connectivity index (χ4n) is 2.17. The Bertz CT molecular complexity index is 875. The third kappa shape index (κ3) is 2.45. The molecule has 0 spiro atoms. The number of rotatable bonds is 3. The van der Waals surface area contributed by atoms with Gasteiger partial charge in [0.25, 0.3) is 5.91 Å². The molecule has 2 aromatic heterocycles. The van der Waals surface area contributed by atoms with Crippen LogP contribution in [0.5, 0.6) is 0 Å². The number of hydrogen-bond donors (Lipinski definition) is 1. The molecule has 2 heterocycles. The Morgan fingerprint density at radius 3 is 2.68 bits per heavy atom. The minimum atomic E-state index is -0.585. The largest absolute Gasteiger partial charge is 0.364 e. The number of primary amides is 1. The molecule has 0 radical (unpaired) electrons. The van der Waals surface area contributed by atoms with Gasteiger partial charge < -0.3 is 5.73 Å². The Morgan fingerprint density at radius 2 is 2.00 bits per heavy atom. The summed E-state index contributed by atoms with van der Waals surface area (Å²) >= 11 is 0. The topological polar surface area (TPSA) is 73.8 Å². The van der Waals surface area contributed by atoms with Crippen molar-refractivity contribution in [3.05, 3.63) is 66.2 Å². The highest BCUT2D eigenvalue weighted by atomic mass is 16.1. The molecule has 0 aliphatic rings. The Balaban J connectivity index is 2.15. The fraction of sp³-hybridized carbons (Fsp3) is 0. The van der Waals surface area contributed by atoms with Crippen LogP contribution < -0.4 is 5.73 Å². The van der Waals surface area contributed by atoms with Gasteiger partial charge in [-0.15, -0.1) is 6.42 Å². The summed E-state index contributed by atoms with van der Waals surface area (Å²) in [5, 5.41) is 4.28. The van der Waals surface area contributed by atoms with Crippen molar-refractivity contribution in [2.24, 2.45) is 5.73 Å². The second kappa shape index (κ2) is 5.54. The van der Waals surface area contributed by atoms with Crippen molar-refractivity contribution in [2.45, 2.75) is 0 Å². The van der Waals surface area contributed by atoms with E-state index in [9.17, 15) is 4.79 Å². The van der Waals surface area contributed by atoms with Crippen LogP contribution in [0, 0.1) is 12.3 Å². The highest BCUT2D eigenvalue weighted by Gasteiger charge is 2.16. The summed E-state index contributed by atoms with van der Waals surface area (Å²) in [6.07, 6.45) is 10.5. The van der Waals surface area contributed by atoms with E-state index in [1.807, 2.05) is 24.3 Å². The van der Waals surface area contributed by atoms with Crippen molar-refractivity contribution in [1.82, 2.24) is 14.8 Å². The lowest BCUT2D eigenvalue weighted by atomic mass is 10.1. The molecule has 0 aliphatic carbocycles. The molecule has 5 nitrogen and oxygen atoms in total. The Labute approximate surface area is 127 Å². The smallest absolute Gasteiger partial charge is 0.269 e. The van der Waals surface area contributed by atoms with Crippen LogP contribution in [0.2, 0.25) is 0 Å². The van der Waals surface area contributed by atoms with E-state index < -0.39 is 5.91 Å². The van der Waals surface area contributed by atoms with Crippen molar-refractivity contribution in [2.75, 3.05) is 0 Å². The normalized spacial score (nSPS) is 10.1. The lowest BCUT2D eigenvalue weighted by Crippen LogP contribution is -2.13. The fourth-order valence-corrected chi connectivity index (χ4v) is 2.17. The molecule has 106 valence electrons. The molecule has 22 heavy (non-hydrogen) atoms. The molecule has 1 aromatic carbocycles. The number of nitrogens with zero attached hydrogens (tertiary/aromatic N) is 3. The summed E-state index contributed by atoms with van der Waals surface area (Å²) in [6, 6.07) is 10.9. The number of carbonyl (C=O) groups excluding carboxylic acids is 1. The molecular weight excluding hydrogens is 276 g/mol.